The summed E-state index contributed by atoms with van der Waals surface area (Å²) >= 11 is 5.93. The first-order valence-corrected chi connectivity index (χ1v) is 30.7. The molecule has 0 aromatic heterocycles. The van der Waals surface area contributed by atoms with Gasteiger partial charge in [0.2, 0.25) is 53.2 Å². The topological polar surface area (TPSA) is 514 Å². The molecule has 32 heteroatoms. The van der Waals surface area contributed by atoms with Crippen molar-refractivity contribution in [2.24, 2.45) is 23.1 Å². The molecule has 502 valence electrons. The summed E-state index contributed by atoms with van der Waals surface area (Å²) in [5.74, 6) is -16.1. The number of halogens is 1. The van der Waals surface area contributed by atoms with Crippen LogP contribution in [0.3, 0.4) is 0 Å². The first-order chi connectivity index (χ1) is 41.7. The highest BCUT2D eigenvalue weighted by molar-refractivity contribution is 6.18. The van der Waals surface area contributed by atoms with Crippen molar-refractivity contribution in [3.63, 3.8) is 0 Å². The SMILES string of the molecule is C/C=C1/NC(=O)C([C@H](C)O)NC(=O)[C@H](CCN)NC(=O)C([C@H](O)C(=O)O)NC(=O)C(CCCCN)NC(=O)[C@H](CC(=O)NCCC(C)C)NC(=O)C(CCN)NC(=O)C(NC(=O)C[C@H](O)CCCCCCCCCCC)COC(=O)C([C@H](O)CCl)NC1=O. The molecule has 88 heavy (non-hydrogen) atoms. The predicted molar refractivity (Wildman–Crippen MR) is 320 cm³/mol. The zero-order chi connectivity index (χ0) is 66.5. The number of hydrogen-bond acceptors (Lipinski definition) is 20. The molecule has 10 amide bonds. The van der Waals surface area contributed by atoms with Gasteiger partial charge in [0.1, 0.15) is 54.6 Å². The van der Waals surface area contributed by atoms with E-state index in [1.807, 2.05) is 13.8 Å². The maximum absolute atomic E-state index is 14.4. The summed E-state index contributed by atoms with van der Waals surface area (Å²) in [4.78, 5) is 166. The number of aliphatic hydroxyl groups is 4. The number of carbonyl (C=O) groups is 12. The Hall–Kier alpha value is -6.61. The van der Waals surface area contributed by atoms with Crippen LogP contribution in [0.25, 0.3) is 0 Å². The second-order valence-corrected chi connectivity index (χ2v) is 22.3. The fraction of sp³-hybridized carbons (Fsp3) is 0.750. The molecule has 0 aromatic rings. The van der Waals surface area contributed by atoms with Crippen LogP contribution in [0.2, 0.25) is 0 Å². The summed E-state index contributed by atoms with van der Waals surface area (Å²) in [7, 11) is 0. The molecule has 1 fully saturated rings. The number of aliphatic hydroxyl groups excluding tert-OH is 4. The minimum absolute atomic E-state index is 0.0779. The van der Waals surface area contributed by atoms with Crippen LogP contribution < -0.4 is 70.4 Å². The number of allylic oxidation sites excluding steroid dienone is 1. The van der Waals surface area contributed by atoms with Gasteiger partial charge in [0.25, 0.3) is 5.91 Å². The fourth-order valence-electron chi connectivity index (χ4n) is 8.81. The summed E-state index contributed by atoms with van der Waals surface area (Å²) in [5.41, 5.74) is 16.7. The molecule has 1 aliphatic heterocycles. The number of alkyl halides is 1. The van der Waals surface area contributed by atoms with E-state index in [1.54, 1.807) is 0 Å². The minimum Gasteiger partial charge on any atom is -0.479 e. The molecule has 31 nitrogen and oxygen atoms in total. The Morgan fingerprint density at radius 3 is 1.67 bits per heavy atom. The third-order valence-corrected chi connectivity index (χ3v) is 14.3. The Balaban J connectivity index is 4.11. The van der Waals surface area contributed by atoms with Gasteiger partial charge in [-0.3, -0.25) is 47.9 Å². The van der Waals surface area contributed by atoms with Crippen LogP contribution in [0.4, 0.5) is 0 Å². The molecule has 12 atom stereocenters. The van der Waals surface area contributed by atoms with Crippen LogP contribution in [-0.2, 0) is 62.3 Å². The Morgan fingerprint density at radius 1 is 0.614 bits per heavy atom. The third kappa shape index (κ3) is 30.5. The van der Waals surface area contributed by atoms with Crippen LogP contribution in [0, 0.1) is 5.92 Å². The van der Waals surface area contributed by atoms with Crippen molar-refractivity contribution in [2.75, 3.05) is 38.7 Å². The highest BCUT2D eigenvalue weighted by Crippen LogP contribution is 2.14. The number of esters is 1. The van der Waals surface area contributed by atoms with E-state index < -0.39 is 188 Å². The van der Waals surface area contributed by atoms with Gasteiger partial charge in [-0.15, -0.1) is 11.6 Å². The number of aliphatic carboxylic acids is 1. The number of amides is 10. The van der Waals surface area contributed by atoms with Crippen LogP contribution in [0.15, 0.2) is 11.8 Å². The molecular formula is C56H98ClN13O18. The van der Waals surface area contributed by atoms with Crippen molar-refractivity contribution in [1.82, 2.24) is 53.2 Å². The molecule has 0 saturated carbocycles. The molecule has 0 aromatic carbocycles. The number of nitrogens with two attached hydrogens (primary N) is 3. The maximum atomic E-state index is 14.4. The van der Waals surface area contributed by atoms with E-state index in [2.05, 4.69) is 60.1 Å². The number of carboxylic acids is 1. The fourth-order valence-corrected chi connectivity index (χ4v) is 8.99. The van der Waals surface area contributed by atoms with Crippen molar-refractivity contribution in [3.8, 4) is 0 Å². The first kappa shape index (κ1) is 79.4. The van der Waals surface area contributed by atoms with Crippen molar-refractivity contribution < 1.29 is 87.8 Å². The smallest absolute Gasteiger partial charge is 0.335 e. The number of ether oxygens (including phenoxy) is 1. The Bertz CT molecular complexity index is 2300. The lowest BCUT2D eigenvalue weighted by Crippen LogP contribution is -2.63. The number of unbranched alkanes of at least 4 members (excludes halogenated alkanes) is 9. The van der Waals surface area contributed by atoms with Gasteiger partial charge in [-0.25, -0.2) is 9.59 Å². The van der Waals surface area contributed by atoms with E-state index in [9.17, 15) is 83.1 Å². The Kier molecular flexibility index (Phi) is 39.6. The molecule has 1 saturated heterocycles. The molecule has 0 aliphatic carbocycles. The lowest BCUT2D eigenvalue weighted by molar-refractivity contribution is -0.153. The van der Waals surface area contributed by atoms with Gasteiger partial charge in [-0.1, -0.05) is 84.6 Å². The van der Waals surface area contributed by atoms with E-state index in [1.165, 1.54) is 6.92 Å². The Morgan fingerprint density at radius 2 is 1.14 bits per heavy atom. The van der Waals surface area contributed by atoms with Gasteiger partial charge in [0, 0.05) is 6.54 Å². The Labute approximate surface area is 518 Å². The largest absolute Gasteiger partial charge is 0.479 e. The van der Waals surface area contributed by atoms with Crippen molar-refractivity contribution >= 4 is 82.6 Å². The van der Waals surface area contributed by atoms with Gasteiger partial charge in [0.05, 0.1) is 37.0 Å². The normalized spacial score (nSPS) is 23.8. The quantitative estimate of drug-likeness (QED) is 0.0136. The average molecular weight is 1280 g/mol. The van der Waals surface area contributed by atoms with Gasteiger partial charge < -0.3 is 101 Å². The standard InChI is InChI=1S/C56H98ClN13O18/c1-6-8-9-10-11-12-13-14-15-18-33(72)27-42(75)62-39-30-88-56(87)44(40(73)29-57)69-47(77)34(7-2)63-53(83)43(32(5)71)68-50(80)37(21-25-60)66-54(84)45(46(76)55(85)86)70-49(79)35(19-16-17-23-58)64-51(81)38(28-41(74)61-26-22-31(3)4)67-48(78)36(20-24-59)65-52(39)82/h7,31-33,35-40,43-46,71-73,76H,6,8-30,58-60H2,1-5H3,(H,61,74)(H,62,75)(H,63,83)(H,64,81)(H,65,82)(H,66,84)(H,67,78)(H,68,80)(H,69,77)(H,70,79)(H,85,86)/b34-7+/t32-,33+,35?,36?,37-,38-,39?,40+,43?,44?,45?,46-/m0/s1. The van der Waals surface area contributed by atoms with Gasteiger partial charge in [0.15, 0.2) is 12.1 Å². The van der Waals surface area contributed by atoms with Crippen LogP contribution in [-0.4, -0.2) is 208 Å². The molecule has 0 radical (unpaired) electrons. The van der Waals surface area contributed by atoms with Crippen molar-refractivity contribution in [3.05, 3.63) is 11.8 Å². The summed E-state index contributed by atoms with van der Waals surface area (Å²) in [6.07, 6.45) is 0.740. The zero-order valence-corrected chi connectivity index (χ0v) is 52.0. The molecule has 0 bridgehead atoms. The molecule has 1 heterocycles. The van der Waals surface area contributed by atoms with E-state index in [0.29, 0.717) is 12.8 Å². The molecule has 21 N–H and O–H groups in total. The number of carbonyl (C=O) groups excluding carboxylic acids is 11. The zero-order valence-electron chi connectivity index (χ0n) is 51.2. The van der Waals surface area contributed by atoms with Crippen molar-refractivity contribution in [1.29, 1.82) is 0 Å². The molecule has 1 rings (SSSR count). The lowest BCUT2D eigenvalue weighted by Gasteiger charge is -2.29. The van der Waals surface area contributed by atoms with E-state index in [-0.39, 0.29) is 57.8 Å². The van der Waals surface area contributed by atoms with Crippen molar-refractivity contribution in [2.45, 2.75) is 223 Å². The second-order valence-electron chi connectivity index (χ2n) is 22.0. The highest BCUT2D eigenvalue weighted by atomic mass is 35.5. The summed E-state index contributed by atoms with van der Waals surface area (Å²) < 4.78 is 5.40. The van der Waals surface area contributed by atoms with Crippen LogP contribution in [0.5, 0.6) is 0 Å². The van der Waals surface area contributed by atoms with Crippen LogP contribution >= 0.6 is 11.6 Å². The molecular weight excluding hydrogens is 1180 g/mol. The van der Waals surface area contributed by atoms with Gasteiger partial charge >= 0.3 is 11.9 Å². The number of rotatable bonds is 31. The summed E-state index contributed by atoms with van der Waals surface area (Å²) in [5, 5.41) is 76.1. The average Bonchev–Trinajstić information content (AvgIpc) is 1.80. The molecule has 1 aliphatic rings. The molecule has 6 unspecified atom stereocenters. The number of nitrogens with one attached hydrogen (secondary N) is 10. The minimum atomic E-state index is -2.75. The van der Waals surface area contributed by atoms with E-state index >= 15 is 0 Å². The number of cyclic esters (lactones) is 1. The second kappa shape index (κ2) is 43.9. The maximum Gasteiger partial charge on any atom is 0.335 e. The highest BCUT2D eigenvalue weighted by Gasteiger charge is 2.40. The number of hydrogen-bond donors (Lipinski definition) is 18. The van der Waals surface area contributed by atoms with Gasteiger partial charge in [-0.05, 0) is 84.3 Å². The predicted octanol–water partition coefficient (Wildman–Crippen LogP) is -4.08. The lowest BCUT2D eigenvalue weighted by atomic mass is 10.0. The van der Waals surface area contributed by atoms with E-state index in [4.69, 9.17) is 33.5 Å². The van der Waals surface area contributed by atoms with Gasteiger partial charge in [-0.2, -0.15) is 0 Å². The summed E-state index contributed by atoms with van der Waals surface area (Å²) in [6.45, 7) is 6.60. The monoisotopic (exact) mass is 1280 g/mol. The van der Waals surface area contributed by atoms with E-state index in [0.717, 1.165) is 64.4 Å². The van der Waals surface area contributed by atoms with Crippen LogP contribution in [0.1, 0.15) is 150 Å². The number of carboxylic acid groups (broad SMARTS) is 1. The summed E-state index contributed by atoms with van der Waals surface area (Å²) in [6, 6.07) is -15.6. The third-order valence-electron chi connectivity index (χ3n) is 14.0. The first-order valence-electron chi connectivity index (χ1n) is 30.1. The molecule has 0 spiro atoms.